The molecule has 6 heteroatoms. The van der Waals surface area contributed by atoms with Crippen LogP contribution >= 0.6 is 11.3 Å². The first-order valence-electron chi connectivity index (χ1n) is 6.39. The van der Waals surface area contributed by atoms with Crippen molar-refractivity contribution in [2.24, 2.45) is 0 Å². The van der Waals surface area contributed by atoms with Gasteiger partial charge in [-0.05, 0) is 23.6 Å². The van der Waals surface area contributed by atoms with E-state index in [1.807, 2.05) is 24.3 Å². The molecule has 0 aliphatic heterocycles. The van der Waals surface area contributed by atoms with Gasteiger partial charge in [0.15, 0.2) is 5.13 Å². The number of carbonyl (C=O) groups excluding carboxylic acids is 1. The van der Waals surface area contributed by atoms with Crippen molar-refractivity contribution >= 4 is 34.4 Å². The average molecular weight is 300 g/mol. The number of thiazole rings is 1. The van der Waals surface area contributed by atoms with E-state index >= 15 is 0 Å². The fourth-order valence-electron chi connectivity index (χ4n) is 2.26. The van der Waals surface area contributed by atoms with Crippen molar-refractivity contribution in [2.45, 2.75) is 12.3 Å². The minimum atomic E-state index is -1.01. The lowest BCUT2D eigenvalue weighted by atomic mass is 9.77. The number of hydrogen-bond acceptors (Lipinski definition) is 4. The van der Waals surface area contributed by atoms with E-state index < -0.39 is 5.97 Å². The van der Waals surface area contributed by atoms with E-state index in [0.717, 1.165) is 18.1 Å². The number of rotatable bonds is 4. The lowest BCUT2D eigenvalue weighted by molar-refractivity contribution is -0.131. The molecule has 0 fully saturated rings. The van der Waals surface area contributed by atoms with Crippen molar-refractivity contribution in [3.63, 3.8) is 0 Å². The Hall–Kier alpha value is -2.47. The summed E-state index contributed by atoms with van der Waals surface area (Å²) >= 11 is 1.24. The Labute approximate surface area is 125 Å². The molecule has 0 spiro atoms. The van der Waals surface area contributed by atoms with Crippen LogP contribution in [-0.4, -0.2) is 22.0 Å². The van der Waals surface area contributed by atoms with E-state index in [2.05, 4.69) is 10.3 Å². The zero-order valence-corrected chi connectivity index (χ0v) is 11.8. The normalized spacial score (nSPS) is 16.3. The van der Waals surface area contributed by atoms with E-state index in [1.165, 1.54) is 29.2 Å². The Morgan fingerprint density at radius 3 is 2.95 bits per heavy atom. The number of carboxylic acids is 1. The molecule has 1 aromatic carbocycles. The molecule has 0 radical (unpaired) electrons. The molecule has 1 heterocycles. The summed E-state index contributed by atoms with van der Waals surface area (Å²) in [5.74, 6) is -1.21. The molecular weight excluding hydrogens is 288 g/mol. The van der Waals surface area contributed by atoms with Gasteiger partial charge in [0.25, 0.3) is 0 Å². The van der Waals surface area contributed by atoms with E-state index in [1.54, 1.807) is 0 Å². The van der Waals surface area contributed by atoms with Crippen LogP contribution in [-0.2, 0) is 16.0 Å². The van der Waals surface area contributed by atoms with Crippen molar-refractivity contribution in [1.29, 1.82) is 0 Å². The second-order valence-electron chi connectivity index (χ2n) is 4.68. The molecule has 2 N–H and O–H groups in total. The van der Waals surface area contributed by atoms with Gasteiger partial charge in [0.2, 0.25) is 5.91 Å². The van der Waals surface area contributed by atoms with Gasteiger partial charge in [0.05, 0.1) is 5.92 Å². The number of nitrogens with zero attached hydrogens (tertiary/aromatic N) is 1. The van der Waals surface area contributed by atoms with Crippen LogP contribution in [0.2, 0.25) is 0 Å². The molecule has 0 saturated heterocycles. The topological polar surface area (TPSA) is 79.3 Å². The number of aliphatic carboxylic acids is 1. The fraction of sp³-hybridized carbons (Fsp3) is 0.133. The first-order chi connectivity index (χ1) is 10.1. The van der Waals surface area contributed by atoms with Crippen LogP contribution in [0.15, 0.2) is 36.5 Å². The van der Waals surface area contributed by atoms with Crippen LogP contribution in [0.25, 0.3) is 6.08 Å². The minimum absolute atomic E-state index is 0.0724. The van der Waals surface area contributed by atoms with Gasteiger partial charge in [0, 0.05) is 17.2 Å². The maximum atomic E-state index is 12.2. The summed E-state index contributed by atoms with van der Waals surface area (Å²) in [4.78, 5) is 27.4. The van der Waals surface area contributed by atoms with Crippen LogP contribution < -0.4 is 5.32 Å². The molecule has 3 rings (SSSR count). The Morgan fingerprint density at radius 2 is 2.19 bits per heavy atom. The predicted molar refractivity (Wildman–Crippen MR) is 80.3 cm³/mol. The van der Waals surface area contributed by atoms with Gasteiger partial charge in [-0.15, -0.1) is 0 Å². The third-order valence-corrected chi connectivity index (χ3v) is 4.19. The molecular formula is C15H12N2O3S. The number of carboxylic acid groups (broad SMARTS) is 1. The molecule has 1 aliphatic rings. The van der Waals surface area contributed by atoms with Crippen molar-refractivity contribution in [3.05, 3.63) is 52.5 Å². The van der Waals surface area contributed by atoms with E-state index in [9.17, 15) is 9.59 Å². The number of amides is 1. The molecule has 1 unspecified atom stereocenters. The number of benzene rings is 1. The lowest BCUT2D eigenvalue weighted by Crippen LogP contribution is -2.30. The summed E-state index contributed by atoms with van der Waals surface area (Å²) in [5.41, 5.74) is 2.28. The maximum absolute atomic E-state index is 12.2. The number of aromatic nitrogens is 1. The minimum Gasteiger partial charge on any atom is -0.478 e. The molecule has 0 bridgehead atoms. The summed E-state index contributed by atoms with van der Waals surface area (Å²) < 4.78 is 0. The van der Waals surface area contributed by atoms with E-state index in [4.69, 9.17) is 5.11 Å². The van der Waals surface area contributed by atoms with Crippen molar-refractivity contribution in [1.82, 2.24) is 4.98 Å². The number of anilines is 1. The molecule has 1 aromatic heterocycles. The monoisotopic (exact) mass is 300 g/mol. The Bertz CT molecular complexity index is 736. The number of nitrogens with one attached hydrogen (secondary N) is 1. The third kappa shape index (κ3) is 2.85. The second-order valence-corrected chi connectivity index (χ2v) is 5.75. The first-order valence-corrected chi connectivity index (χ1v) is 7.20. The lowest BCUT2D eigenvalue weighted by Gasteiger charge is -2.28. The summed E-state index contributed by atoms with van der Waals surface area (Å²) in [6.07, 6.45) is 4.78. The van der Waals surface area contributed by atoms with Crippen molar-refractivity contribution < 1.29 is 14.7 Å². The molecule has 0 saturated carbocycles. The molecule has 5 nitrogen and oxygen atoms in total. The summed E-state index contributed by atoms with van der Waals surface area (Å²) in [6.45, 7) is 0. The Morgan fingerprint density at radius 1 is 1.38 bits per heavy atom. The second kappa shape index (κ2) is 5.49. The zero-order valence-electron chi connectivity index (χ0n) is 10.9. The average Bonchev–Trinajstić information content (AvgIpc) is 2.85. The fourth-order valence-corrected chi connectivity index (χ4v) is 2.98. The quantitative estimate of drug-likeness (QED) is 0.850. The van der Waals surface area contributed by atoms with Crippen LogP contribution in [0.5, 0.6) is 0 Å². The number of hydrogen-bond donors (Lipinski definition) is 2. The Kier molecular flexibility index (Phi) is 3.53. The highest BCUT2D eigenvalue weighted by atomic mass is 32.1. The smallest absolute Gasteiger partial charge is 0.328 e. The summed E-state index contributed by atoms with van der Waals surface area (Å²) in [5, 5.41) is 11.8. The Balaban J connectivity index is 1.65. The highest BCUT2D eigenvalue weighted by molar-refractivity contribution is 7.16. The highest BCUT2D eigenvalue weighted by Crippen LogP contribution is 2.35. The van der Waals surface area contributed by atoms with Crippen LogP contribution in [0.3, 0.4) is 0 Å². The van der Waals surface area contributed by atoms with Gasteiger partial charge in [-0.25, -0.2) is 9.78 Å². The van der Waals surface area contributed by atoms with Crippen molar-refractivity contribution in [3.8, 4) is 0 Å². The largest absolute Gasteiger partial charge is 0.478 e. The van der Waals surface area contributed by atoms with E-state index in [-0.39, 0.29) is 11.8 Å². The molecule has 106 valence electrons. The standard InChI is InChI=1S/C15H12N2O3S/c18-13(19)6-5-10-8-16-15(21-10)17-14(20)12-7-9-3-1-2-4-11(9)12/h1-6,8,12H,7H2,(H,18,19)(H,16,17,20). The number of carbonyl (C=O) groups is 2. The molecule has 1 aliphatic carbocycles. The van der Waals surface area contributed by atoms with Crippen LogP contribution in [0.4, 0.5) is 5.13 Å². The van der Waals surface area contributed by atoms with Gasteiger partial charge in [-0.3, -0.25) is 4.79 Å². The van der Waals surface area contributed by atoms with Crippen LogP contribution in [0, 0.1) is 0 Å². The van der Waals surface area contributed by atoms with E-state index in [0.29, 0.717) is 10.0 Å². The van der Waals surface area contributed by atoms with Gasteiger partial charge >= 0.3 is 5.97 Å². The van der Waals surface area contributed by atoms with Crippen LogP contribution in [0.1, 0.15) is 21.9 Å². The first kappa shape index (κ1) is 13.5. The molecule has 2 aromatic rings. The molecule has 21 heavy (non-hydrogen) atoms. The molecule has 1 amide bonds. The summed E-state index contributed by atoms with van der Waals surface area (Å²) in [6, 6.07) is 7.88. The van der Waals surface area contributed by atoms with Gasteiger partial charge in [-0.2, -0.15) is 0 Å². The third-order valence-electron chi connectivity index (χ3n) is 3.31. The molecule has 1 atom stereocenters. The van der Waals surface area contributed by atoms with Gasteiger partial charge < -0.3 is 10.4 Å². The summed E-state index contributed by atoms with van der Waals surface area (Å²) in [7, 11) is 0. The maximum Gasteiger partial charge on any atom is 0.328 e. The zero-order chi connectivity index (χ0) is 14.8. The SMILES string of the molecule is O=C(O)C=Cc1cnc(NC(=O)C2Cc3ccccc32)s1. The van der Waals surface area contributed by atoms with Gasteiger partial charge in [-0.1, -0.05) is 35.6 Å². The van der Waals surface area contributed by atoms with Gasteiger partial charge in [0.1, 0.15) is 0 Å². The number of fused-ring (bicyclic) bond motifs is 1. The highest BCUT2D eigenvalue weighted by Gasteiger charge is 2.31. The van der Waals surface area contributed by atoms with Crippen molar-refractivity contribution in [2.75, 3.05) is 5.32 Å². The predicted octanol–water partition coefficient (Wildman–Crippen LogP) is 2.52.